The second-order valence-corrected chi connectivity index (χ2v) is 9.19. The SMILES string of the molecule is CC(O)[C@H](Cc1nc(-c2ccc(Oc3ncc(Br)cc3F)cc2)no1)NC(=O)OC(C)(C)C. The molecule has 2 N–H and O–H groups in total. The summed E-state index contributed by atoms with van der Waals surface area (Å²) in [5.41, 5.74) is -0.0321. The van der Waals surface area contributed by atoms with E-state index in [4.69, 9.17) is 14.0 Å². The summed E-state index contributed by atoms with van der Waals surface area (Å²) in [5, 5.41) is 16.6. The Morgan fingerprint density at radius 1 is 1.30 bits per heavy atom. The van der Waals surface area contributed by atoms with Crippen molar-refractivity contribution in [1.82, 2.24) is 20.4 Å². The van der Waals surface area contributed by atoms with Crippen LogP contribution in [0, 0.1) is 5.82 Å². The first-order chi connectivity index (χ1) is 15.5. The molecule has 2 atom stereocenters. The molecule has 0 fully saturated rings. The van der Waals surface area contributed by atoms with E-state index in [2.05, 4.69) is 36.4 Å². The van der Waals surface area contributed by atoms with Gasteiger partial charge in [0.25, 0.3) is 5.88 Å². The molecule has 0 saturated carbocycles. The minimum atomic E-state index is -0.878. The van der Waals surface area contributed by atoms with Gasteiger partial charge >= 0.3 is 6.09 Å². The number of halogens is 2. The lowest BCUT2D eigenvalue weighted by atomic mass is 10.1. The quantitative estimate of drug-likeness (QED) is 0.460. The normalized spacial score (nSPS) is 13.3. The number of ether oxygens (including phenoxy) is 2. The molecule has 2 heterocycles. The maximum atomic E-state index is 13.9. The second-order valence-electron chi connectivity index (χ2n) is 8.28. The van der Waals surface area contributed by atoms with E-state index >= 15 is 0 Å². The molecule has 11 heteroatoms. The molecule has 9 nitrogen and oxygen atoms in total. The lowest BCUT2D eigenvalue weighted by molar-refractivity contribution is 0.0432. The van der Waals surface area contributed by atoms with Gasteiger partial charge in [-0.05, 0) is 74.0 Å². The molecule has 3 aromatic rings. The van der Waals surface area contributed by atoms with Crippen LogP contribution in [-0.2, 0) is 11.2 Å². The fourth-order valence-corrected chi connectivity index (χ4v) is 3.01. The first-order valence-electron chi connectivity index (χ1n) is 10.1. The van der Waals surface area contributed by atoms with E-state index in [0.717, 1.165) is 0 Å². The van der Waals surface area contributed by atoms with E-state index in [9.17, 15) is 14.3 Å². The number of carbonyl (C=O) groups is 1. The molecule has 3 rings (SSSR count). The predicted molar refractivity (Wildman–Crippen MR) is 120 cm³/mol. The number of rotatable bonds is 7. The summed E-state index contributed by atoms with van der Waals surface area (Å²) in [6.45, 7) is 6.78. The zero-order chi connectivity index (χ0) is 24.2. The Morgan fingerprint density at radius 2 is 2.00 bits per heavy atom. The Kier molecular flexibility index (Phi) is 7.65. The summed E-state index contributed by atoms with van der Waals surface area (Å²) in [4.78, 5) is 20.3. The van der Waals surface area contributed by atoms with Crippen molar-refractivity contribution < 1.29 is 28.3 Å². The van der Waals surface area contributed by atoms with Gasteiger partial charge < -0.3 is 24.4 Å². The molecule has 1 unspecified atom stereocenters. The van der Waals surface area contributed by atoms with Crippen LogP contribution in [0.1, 0.15) is 33.6 Å². The molecule has 0 bridgehead atoms. The van der Waals surface area contributed by atoms with Crippen molar-refractivity contribution in [3.63, 3.8) is 0 Å². The average molecular weight is 523 g/mol. The number of hydrogen-bond donors (Lipinski definition) is 2. The number of benzene rings is 1. The summed E-state index contributed by atoms with van der Waals surface area (Å²) >= 11 is 3.14. The Hall–Kier alpha value is -3.05. The fourth-order valence-electron chi connectivity index (χ4n) is 2.71. The Bertz CT molecular complexity index is 1100. The molecule has 0 saturated heterocycles. The van der Waals surface area contributed by atoms with Crippen molar-refractivity contribution in [3.8, 4) is 23.0 Å². The average Bonchev–Trinajstić information content (AvgIpc) is 3.17. The van der Waals surface area contributed by atoms with Crippen molar-refractivity contribution in [1.29, 1.82) is 0 Å². The van der Waals surface area contributed by atoms with Gasteiger partial charge in [-0.1, -0.05) is 5.16 Å². The minimum absolute atomic E-state index is 0.111. The lowest BCUT2D eigenvalue weighted by Crippen LogP contribution is -2.45. The Morgan fingerprint density at radius 3 is 2.61 bits per heavy atom. The molecule has 0 spiro atoms. The van der Waals surface area contributed by atoms with E-state index in [1.54, 1.807) is 52.0 Å². The standard InChI is InChI=1S/C22H24BrFN4O5/c1-12(29)17(26-21(30)32-22(2,3)4)10-18-27-19(28-33-18)13-5-7-15(8-6-13)31-20-16(24)9-14(23)11-25-20/h5-9,11-12,17,29H,10H2,1-4H3,(H,26,30)/t12?,17-/m0/s1. The van der Waals surface area contributed by atoms with Crippen molar-refractivity contribution in [2.24, 2.45) is 0 Å². The van der Waals surface area contributed by atoms with Gasteiger partial charge in [0.15, 0.2) is 5.82 Å². The van der Waals surface area contributed by atoms with Crippen LogP contribution in [0.15, 0.2) is 45.5 Å². The topological polar surface area (TPSA) is 120 Å². The van der Waals surface area contributed by atoms with Crippen molar-refractivity contribution in [2.75, 3.05) is 0 Å². The number of pyridine rings is 1. The maximum absolute atomic E-state index is 13.9. The fraction of sp³-hybridized carbons (Fsp3) is 0.364. The van der Waals surface area contributed by atoms with Crippen molar-refractivity contribution in [2.45, 2.75) is 51.9 Å². The molecule has 1 amide bonds. The van der Waals surface area contributed by atoms with Crippen LogP contribution in [0.25, 0.3) is 11.4 Å². The number of aliphatic hydroxyl groups is 1. The number of nitrogens with zero attached hydrogens (tertiary/aromatic N) is 3. The molecule has 1 aromatic carbocycles. The smallest absolute Gasteiger partial charge is 0.407 e. The van der Waals surface area contributed by atoms with Gasteiger partial charge in [0, 0.05) is 22.7 Å². The summed E-state index contributed by atoms with van der Waals surface area (Å²) in [6.07, 6.45) is 0.0168. The third kappa shape index (κ3) is 7.22. The van der Waals surface area contributed by atoms with Gasteiger partial charge in [-0.2, -0.15) is 4.98 Å². The van der Waals surface area contributed by atoms with Gasteiger partial charge in [-0.25, -0.2) is 14.2 Å². The van der Waals surface area contributed by atoms with Crippen LogP contribution >= 0.6 is 15.9 Å². The first-order valence-corrected chi connectivity index (χ1v) is 10.9. The van der Waals surface area contributed by atoms with Crippen LogP contribution in [-0.4, -0.2) is 44.1 Å². The van der Waals surface area contributed by atoms with Gasteiger partial charge in [0.2, 0.25) is 11.7 Å². The zero-order valence-electron chi connectivity index (χ0n) is 18.5. The first kappa shape index (κ1) is 24.6. The highest BCUT2D eigenvalue weighted by molar-refractivity contribution is 9.10. The Labute approximate surface area is 198 Å². The van der Waals surface area contributed by atoms with E-state index < -0.39 is 29.7 Å². The minimum Gasteiger partial charge on any atom is -0.444 e. The van der Waals surface area contributed by atoms with Crippen LogP contribution in [0.4, 0.5) is 9.18 Å². The molecule has 33 heavy (non-hydrogen) atoms. The van der Waals surface area contributed by atoms with E-state index in [1.165, 1.54) is 12.3 Å². The number of aromatic nitrogens is 3. The highest BCUT2D eigenvalue weighted by atomic mass is 79.9. The molecule has 0 radical (unpaired) electrons. The van der Waals surface area contributed by atoms with Gasteiger partial charge in [-0.3, -0.25) is 0 Å². The van der Waals surface area contributed by atoms with E-state index in [0.29, 0.717) is 21.6 Å². The third-order valence-electron chi connectivity index (χ3n) is 4.25. The largest absolute Gasteiger partial charge is 0.444 e. The lowest BCUT2D eigenvalue weighted by Gasteiger charge is -2.24. The molecule has 0 aliphatic heterocycles. The summed E-state index contributed by atoms with van der Waals surface area (Å²) in [7, 11) is 0. The van der Waals surface area contributed by atoms with Gasteiger partial charge in [-0.15, -0.1) is 0 Å². The zero-order valence-corrected chi connectivity index (χ0v) is 20.1. The third-order valence-corrected chi connectivity index (χ3v) is 4.68. The van der Waals surface area contributed by atoms with E-state index in [1.807, 2.05) is 0 Å². The molecular formula is C22H24BrFN4O5. The highest BCUT2D eigenvalue weighted by Crippen LogP contribution is 2.26. The van der Waals surface area contributed by atoms with Crippen LogP contribution in [0.3, 0.4) is 0 Å². The van der Waals surface area contributed by atoms with Gasteiger partial charge in [0.1, 0.15) is 11.4 Å². The Balaban J connectivity index is 1.65. The maximum Gasteiger partial charge on any atom is 0.407 e. The highest BCUT2D eigenvalue weighted by Gasteiger charge is 2.25. The number of aliphatic hydroxyl groups excluding tert-OH is 1. The molecular weight excluding hydrogens is 499 g/mol. The number of nitrogens with one attached hydrogen (secondary N) is 1. The number of carbonyl (C=O) groups excluding carboxylic acids is 1. The van der Waals surface area contributed by atoms with Crippen molar-refractivity contribution >= 4 is 22.0 Å². The number of alkyl carbamates (subject to hydrolysis) is 1. The number of amides is 1. The van der Waals surface area contributed by atoms with E-state index in [-0.39, 0.29) is 18.2 Å². The second kappa shape index (κ2) is 10.3. The monoisotopic (exact) mass is 522 g/mol. The van der Waals surface area contributed by atoms with Gasteiger partial charge in [0.05, 0.1) is 12.1 Å². The van der Waals surface area contributed by atoms with Crippen molar-refractivity contribution in [3.05, 3.63) is 52.7 Å². The summed E-state index contributed by atoms with van der Waals surface area (Å²) in [5.74, 6) is 0.185. The molecule has 176 valence electrons. The summed E-state index contributed by atoms with van der Waals surface area (Å²) in [6, 6.07) is 7.19. The molecule has 2 aromatic heterocycles. The molecule has 0 aliphatic rings. The predicted octanol–water partition coefficient (Wildman–Crippen LogP) is 4.64. The molecule has 0 aliphatic carbocycles. The summed E-state index contributed by atoms with van der Waals surface area (Å²) < 4.78 is 30.4. The van der Waals surface area contributed by atoms with Crippen LogP contribution in [0.2, 0.25) is 0 Å². The van der Waals surface area contributed by atoms with Crippen LogP contribution in [0.5, 0.6) is 11.6 Å². The number of hydrogen-bond acceptors (Lipinski definition) is 8. The van der Waals surface area contributed by atoms with Crippen LogP contribution < -0.4 is 10.1 Å².